The molecule has 0 radical (unpaired) electrons. The highest BCUT2D eigenvalue weighted by molar-refractivity contribution is 4.75. The monoisotopic (exact) mass is 159 g/mol. The summed E-state index contributed by atoms with van der Waals surface area (Å²) in [5, 5.41) is 3.41. The van der Waals surface area contributed by atoms with Gasteiger partial charge in [0.15, 0.2) is 0 Å². The van der Waals surface area contributed by atoms with Crippen molar-refractivity contribution in [3.8, 4) is 0 Å². The van der Waals surface area contributed by atoms with Gasteiger partial charge in [-0.15, -0.1) is 0 Å². The first kappa shape index (κ1) is 8.93. The third kappa shape index (κ3) is 3.16. The number of nitrogens with zero attached hydrogens (tertiary/aromatic N) is 1. The van der Waals surface area contributed by atoms with Crippen LogP contribution in [0, 0.1) is 0 Å². The zero-order chi connectivity index (χ0) is 8.10. The van der Waals surface area contributed by atoms with Gasteiger partial charge in [-0.1, -0.05) is 0 Å². The number of rotatable bonds is 3. The molecule has 0 amide bonds. The van der Waals surface area contributed by atoms with Gasteiger partial charge in [-0.2, -0.15) is 0 Å². The lowest BCUT2D eigenvalue weighted by Gasteiger charge is -2.30. The van der Waals surface area contributed by atoms with Gasteiger partial charge < -0.3 is 15.1 Å². The Labute approximate surface area is 67.6 Å². The van der Waals surface area contributed by atoms with Crippen LogP contribution in [0.15, 0.2) is 0 Å². The van der Waals surface area contributed by atoms with Gasteiger partial charge in [0.05, 0.1) is 6.61 Å². The highest BCUT2D eigenvalue weighted by Gasteiger charge is 2.15. The van der Waals surface area contributed by atoms with E-state index in [0.29, 0.717) is 12.6 Å². The van der Waals surface area contributed by atoms with Crippen LogP contribution in [0.1, 0.15) is 6.42 Å². The van der Waals surface area contributed by atoms with Crippen LogP contribution in [0.4, 0.5) is 0 Å². The van der Waals surface area contributed by atoms with Gasteiger partial charge in [-0.25, -0.2) is 5.90 Å². The second kappa shape index (κ2) is 4.66. The fourth-order valence-electron chi connectivity index (χ4n) is 1.40. The fourth-order valence-corrected chi connectivity index (χ4v) is 1.40. The Balaban J connectivity index is 2.12. The van der Waals surface area contributed by atoms with E-state index >= 15 is 0 Å². The molecular formula is C7H17N3O. The van der Waals surface area contributed by atoms with Gasteiger partial charge in [0.2, 0.25) is 0 Å². The molecule has 11 heavy (non-hydrogen) atoms. The van der Waals surface area contributed by atoms with Crippen LogP contribution in [-0.2, 0) is 4.84 Å². The number of nitrogens with one attached hydrogen (secondary N) is 1. The molecule has 1 unspecified atom stereocenters. The summed E-state index contributed by atoms with van der Waals surface area (Å²) in [7, 11) is 2.14. The molecular weight excluding hydrogens is 142 g/mol. The van der Waals surface area contributed by atoms with Gasteiger partial charge in [0, 0.05) is 25.7 Å². The van der Waals surface area contributed by atoms with Crippen LogP contribution in [0.25, 0.3) is 0 Å². The number of piperazine rings is 1. The van der Waals surface area contributed by atoms with E-state index in [1.54, 1.807) is 0 Å². The van der Waals surface area contributed by atoms with Crippen LogP contribution in [-0.4, -0.2) is 44.2 Å². The van der Waals surface area contributed by atoms with Crippen molar-refractivity contribution in [2.24, 2.45) is 5.90 Å². The third-order valence-corrected chi connectivity index (χ3v) is 2.04. The van der Waals surface area contributed by atoms with E-state index in [1.165, 1.54) is 0 Å². The molecule has 0 aromatic heterocycles. The second-order valence-electron chi connectivity index (χ2n) is 3.07. The molecule has 0 bridgehead atoms. The molecule has 1 atom stereocenters. The quantitative estimate of drug-likeness (QED) is 0.528. The van der Waals surface area contributed by atoms with Crippen LogP contribution in [0.5, 0.6) is 0 Å². The lowest BCUT2D eigenvalue weighted by atomic mass is 10.1. The maximum Gasteiger partial charge on any atom is 0.0694 e. The summed E-state index contributed by atoms with van der Waals surface area (Å²) in [5.41, 5.74) is 0. The van der Waals surface area contributed by atoms with Crippen molar-refractivity contribution in [2.45, 2.75) is 12.5 Å². The molecule has 1 aliphatic rings. The Bertz CT molecular complexity index is 110. The molecule has 4 nitrogen and oxygen atoms in total. The number of likely N-dealkylation sites (N-methyl/N-ethyl adjacent to an activating group) is 1. The van der Waals surface area contributed by atoms with E-state index in [0.717, 1.165) is 26.1 Å². The zero-order valence-corrected chi connectivity index (χ0v) is 7.05. The molecule has 1 saturated heterocycles. The summed E-state index contributed by atoms with van der Waals surface area (Å²) in [4.78, 5) is 6.84. The average molecular weight is 159 g/mol. The lowest BCUT2D eigenvalue weighted by molar-refractivity contribution is 0.115. The maximum atomic E-state index is 4.94. The first-order valence-corrected chi connectivity index (χ1v) is 4.06. The Hall–Kier alpha value is -0.160. The van der Waals surface area contributed by atoms with Crippen LogP contribution < -0.4 is 11.2 Å². The van der Waals surface area contributed by atoms with Crippen LogP contribution in [0.2, 0.25) is 0 Å². The molecule has 0 spiro atoms. The normalized spacial score (nSPS) is 27.3. The van der Waals surface area contributed by atoms with E-state index in [9.17, 15) is 0 Å². The van der Waals surface area contributed by atoms with Gasteiger partial charge in [-0.3, -0.25) is 0 Å². The summed E-state index contributed by atoms with van der Waals surface area (Å²) < 4.78 is 0. The molecule has 1 fully saturated rings. The Morgan fingerprint density at radius 2 is 2.55 bits per heavy atom. The number of hydrogen-bond donors (Lipinski definition) is 2. The summed E-state index contributed by atoms with van der Waals surface area (Å²) in [5.74, 6) is 4.94. The molecule has 66 valence electrons. The van der Waals surface area contributed by atoms with Crippen molar-refractivity contribution in [1.29, 1.82) is 0 Å². The summed E-state index contributed by atoms with van der Waals surface area (Å²) in [6.45, 7) is 3.96. The summed E-state index contributed by atoms with van der Waals surface area (Å²) in [6, 6.07) is 0.553. The minimum Gasteiger partial charge on any atom is -0.311 e. The van der Waals surface area contributed by atoms with Gasteiger partial charge >= 0.3 is 0 Å². The Morgan fingerprint density at radius 1 is 1.73 bits per heavy atom. The Morgan fingerprint density at radius 3 is 3.18 bits per heavy atom. The largest absolute Gasteiger partial charge is 0.311 e. The summed E-state index contributed by atoms with van der Waals surface area (Å²) >= 11 is 0. The highest BCUT2D eigenvalue weighted by atomic mass is 16.6. The molecule has 1 heterocycles. The fraction of sp³-hybridized carbons (Fsp3) is 1.00. The smallest absolute Gasteiger partial charge is 0.0694 e. The summed E-state index contributed by atoms with van der Waals surface area (Å²) in [6.07, 6.45) is 1.00. The van der Waals surface area contributed by atoms with Crippen molar-refractivity contribution in [3.63, 3.8) is 0 Å². The van der Waals surface area contributed by atoms with Crippen molar-refractivity contribution < 1.29 is 4.84 Å². The molecule has 3 N–H and O–H groups in total. The van der Waals surface area contributed by atoms with E-state index < -0.39 is 0 Å². The SMILES string of the molecule is CN1CCNC(CCON)C1. The van der Waals surface area contributed by atoms with Crippen molar-refractivity contribution in [1.82, 2.24) is 10.2 Å². The topological polar surface area (TPSA) is 50.5 Å². The van der Waals surface area contributed by atoms with E-state index in [1.807, 2.05) is 0 Å². The molecule has 1 rings (SSSR count). The molecule has 4 heteroatoms. The zero-order valence-electron chi connectivity index (χ0n) is 7.05. The molecule has 0 aromatic carbocycles. The minimum absolute atomic E-state index is 0.553. The molecule has 0 aliphatic carbocycles. The molecule has 1 aliphatic heterocycles. The van der Waals surface area contributed by atoms with Gasteiger partial charge in [0.25, 0.3) is 0 Å². The molecule has 0 saturated carbocycles. The number of hydrogen-bond acceptors (Lipinski definition) is 4. The van der Waals surface area contributed by atoms with Crippen LogP contribution >= 0.6 is 0 Å². The van der Waals surface area contributed by atoms with E-state index in [-0.39, 0.29) is 0 Å². The molecule has 0 aromatic rings. The predicted octanol–water partition coefficient (Wildman–Crippen LogP) is -0.830. The first-order chi connectivity index (χ1) is 5.33. The first-order valence-electron chi connectivity index (χ1n) is 4.06. The van der Waals surface area contributed by atoms with Gasteiger partial charge in [-0.05, 0) is 13.5 Å². The Kier molecular flexibility index (Phi) is 3.79. The lowest BCUT2D eigenvalue weighted by Crippen LogP contribution is -2.49. The second-order valence-corrected chi connectivity index (χ2v) is 3.07. The van der Waals surface area contributed by atoms with Crippen molar-refractivity contribution in [2.75, 3.05) is 33.3 Å². The van der Waals surface area contributed by atoms with E-state index in [2.05, 4.69) is 22.1 Å². The van der Waals surface area contributed by atoms with Gasteiger partial charge in [0.1, 0.15) is 0 Å². The highest BCUT2D eigenvalue weighted by Crippen LogP contribution is 1.99. The average Bonchev–Trinajstić information content (AvgIpc) is 2.01. The van der Waals surface area contributed by atoms with Crippen molar-refractivity contribution >= 4 is 0 Å². The third-order valence-electron chi connectivity index (χ3n) is 2.04. The van der Waals surface area contributed by atoms with Crippen LogP contribution in [0.3, 0.4) is 0 Å². The predicted molar refractivity (Wildman–Crippen MR) is 44.0 cm³/mol. The van der Waals surface area contributed by atoms with E-state index in [4.69, 9.17) is 5.90 Å². The number of nitrogens with two attached hydrogens (primary N) is 1. The minimum atomic E-state index is 0.553. The van der Waals surface area contributed by atoms with Crippen molar-refractivity contribution in [3.05, 3.63) is 0 Å². The standard InChI is InChI=1S/C7H17N3O/c1-10-4-3-9-7(6-10)2-5-11-8/h7,9H,2-6,8H2,1H3. The maximum absolute atomic E-state index is 4.94.